The van der Waals surface area contributed by atoms with Gasteiger partial charge in [0.15, 0.2) is 16.8 Å². The van der Waals surface area contributed by atoms with Crippen molar-refractivity contribution >= 4 is 34.8 Å². The molecule has 0 aliphatic rings. The van der Waals surface area contributed by atoms with Crippen molar-refractivity contribution < 1.29 is 9.59 Å². The number of nitrogens with zero attached hydrogens (tertiary/aromatic N) is 3. The van der Waals surface area contributed by atoms with Crippen LogP contribution in [0.15, 0.2) is 53.7 Å². The van der Waals surface area contributed by atoms with E-state index in [1.807, 2.05) is 42.7 Å². The van der Waals surface area contributed by atoms with Crippen molar-refractivity contribution in [2.24, 2.45) is 0 Å². The Bertz CT molecular complexity index is 1050. The Morgan fingerprint density at radius 2 is 1.87 bits per heavy atom. The molecule has 0 spiro atoms. The van der Waals surface area contributed by atoms with Gasteiger partial charge in [-0.25, -0.2) is 0 Å². The highest BCUT2D eigenvalue weighted by Gasteiger charge is 2.23. The van der Waals surface area contributed by atoms with E-state index in [1.54, 1.807) is 24.3 Å². The minimum Gasteiger partial charge on any atom is -0.399 e. The van der Waals surface area contributed by atoms with E-state index in [2.05, 4.69) is 15.5 Å². The lowest BCUT2D eigenvalue weighted by Gasteiger charge is -2.15. The van der Waals surface area contributed by atoms with Crippen LogP contribution >= 0.6 is 11.8 Å². The summed E-state index contributed by atoms with van der Waals surface area (Å²) < 4.78 is 1.98. The van der Waals surface area contributed by atoms with Gasteiger partial charge < -0.3 is 15.6 Å². The summed E-state index contributed by atoms with van der Waals surface area (Å²) in [4.78, 5) is 24.2. The molecule has 8 heteroatoms. The highest BCUT2D eigenvalue weighted by Crippen LogP contribution is 2.29. The normalized spacial score (nSPS) is 11.8. The molecule has 0 saturated carbocycles. The zero-order valence-electron chi connectivity index (χ0n) is 17.3. The third kappa shape index (κ3) is 4.88. The van der Waals surface area contributed by atoms with Gasteiger partial charge in [0.25, 0.3) is 0 Å². The number of benzene rings is 2. The van der Waals surface area contributed by atoms with Gasteiger partial charge in [-0.15, -0.1) is 10.2 Å². The van der Waals surface area contributed by atoms with Crippen molar-refractivity contribution in [2.45, 2.75) is 44.1 Å². The molecule has 0 bridgehead atoms. The van der Waals surface area contributed by atoms with Gasteiger partial charge in [0, 0.05) is 29.0 Å². The Balaban J connectivity index is 1.76. The first-order valence-electron chi connectivity index (χ1n) is 9.80. The Morgan fingerprint density at radius 3 is 2.47 bits per heavy atom. The number of aromatic nitrogens is 3. The first-order chi connectivity index (χ1) is 14.4. The number of amides is 1. The van der Waals surface area contributed by atoms with Gasteiger partial charge in [-0.3, -0.25) is 9.59 Å². The van der Waals surface area contributed by atoms with Gasteiger partial charge in [0.1, 0.15) is 0 Å². The molecule has 3 N–H and O–H groups in total. The maximum Gasteiger partial charge on any atom is 0.237 e. The summed E-state index contributed by atoms with van der Waals surface area (Å²) >= 11 is 1.39. The Labute approximate surface area is 180 Å². The molecule has 0 aliphatic heterocycles. The van der Waals surface area contributed by atoms with E-state index in [0.29, 0.717) is 35.1 Å². The lowest BCUT2D eigenvalue weighted by Crippen LogP contribution is -2.25. The Morgan fingerprint density at radius 1 is 1.13 bits per heavy atom. The Kier molecular flexibility index (Phi) is 6.89. The monoisotopic (exact) mass is 423 g/mol. The molecule has 1 amide bonds. The summed E-state index contributed by atoms with van der Waals surface area (Å²) in [6, 6.07) is 14.4. The van der Waals surface area contributed by atoms with Gasteiger partial charge in [0.05, 0.1) is 5.25 Å². The quantitative estimate of drug-likeness (QED) is 0.319. The summed E-state index contributed by atoms with van der Waals surface area (Å²) in [5.74, 6) is 0.598. The van der Waals surface area contributed by atoms with Crippen molar-refractivity contribution in [3.8, 4) is 11.4 Å². The van der Waals surface area contributed by atoms with Crippen LogP contribution in [-0.4, -0.2) is 31.7 Å². The largest absolute Gasteiger partial charge is 0.399 e. The van der Waals surface area contributed by atoms with E-state index in [4.69, 9.17) is 5.73 Å². The summed E-state index contributed by atoms with van der Waals surface area (Å²) in [6.07, 6.45) is 0.631. The van der Waals surface area contributed by atoms with Crippen LogP contribution in [0.3, 0.4) is 0 Å². The molecule has 1 atom stereocenters. The van der Waals surface area contributed by atoms with Gasteiger partial charge in [-0.05, 0) is 56.7 Å². The first-order valence-corrected chi connectivity index (χ1v) is 10.7. The second kappa shape index (κ2) is 9.58. The van der Waals surface area contributed by atoms with Gasteiger partial charge >= 0.3 is 0 Å². The molecule has 0 fully saturated rings. The number of rotatable bonds is 8. The molecular weight excluding hydrogens is 398 g/mol. The maximum atomic E-state index is 12.8. The second-order valence-electron chi connectivity index (χ2n) is 6.81. The van der Waals surface area contributed by atoms with E-state index in [-0.39, 0.29) is 16.9 Å². The minimum atomic E-state index is -0.333. The number of carbonyl (C=O) groups is 2. The van der Waals surface area contributed by atoms with Crippen LogP contribution in [-0.2, 0) is 11.3 Å². The number of nitrogens with one attached hydrogen (secondary N) is 1. The number of nitrogen functional groups attached to an aromatic ring is 1. The summed E-state index contributed by atoms with van der Waals surface area (Å²) in [6.45, 7) is 6.16. The zero-order chi connectivity index (χ0) is 21.7. The minimum absolute atomic E-state index is 0.00950. The van der Waals surface area contributed by atoms with Crippen LogP contribution in [0.5, 0.6) is 0 Å². The first kappa shape index (κ1) is 21.6. The average molecular weight is 424 g/mol. The van der Waals surface area contributed by atoms with E-state index < -0.39 is 0 Å². The average Bonchev–Trinajstić information content (AvgIpc) is 3.14. The van der Waals surface area contributed by atoms with Crippen LogP contribution in [0.25, 0.3) is 11.4 Å². The molecule has 2 aromatic carbocycles. The lowest BCUT2D eigenvalue weighted by atomic mass is 10.1. The zero-order valence-corrected chi connectivity index (χ0v) is 18.1. The summed E-state index contributed by atoms with van der Waals surface area (Å²) in [5, 5.41) is 11.9. The molecular formula is C22H25N5O2S. The van der Waals surface area contributed by atoms with Gasteiger partial charge in [-0.2, -0.15) is 0 Å². The Hall–Kier alpha value is -3.13. The molecule has 0 saturated heterocycles. The molecule has 1 aromatic heterocycles. The topological polar surface area (TPSA) is 103 Å². The van der Waals surface area contributed by atoms with Crippen molar-refractivity contribution in [1.29, 1.82) is 0 Å². The number of Topliss-reactive ketones (excluding diaryl/α,β-unsaturated/α-hetero) is 1. The van der Waals surface area contributed by atoms with Crippen molar-refractivity contribution in [2.75, 3.05) is 11.1 Å². The fraction of sp³-hybridized carbons (Fsp3) is 0.273. The van der Waals surface area contributed by atoms with Crippen molar-refractivity contribution in [3.63, 3.8) is 0 Å². The van der Waals surface area contributed by atoms with E-state index >= 15 is 0 Å². The molecule has 0 radical (unpaired) electrons. The molecule has 30 heavy (non-hydrogen) atoms. The highest BCUT2D eigenvalue weighted by atomic mass is 32.2. The van der Waals surface area contributed by atoms with Crippen LogP contribution in [0.1, 0.15) is 37.6 Å². The number of thioether (sulfide) groups is 1. The predicted molar refractivity (Wildman–Crippen MR) is 121 cm³/mol. The van der Waals surface area contributed by atoms with Gasteiger partial charge in [0.2, 0.25) is 5.91 Å². The maximum absolute atomic E-state index is 12.8. The standard InChI is InChI=1S/C22H25N5O2S/c1-4-19(21(29)24-18-11-9-15(10-12-18)14(3)28)30-22-26-25-20(27(22)5-2)16-7-6-8-17(23)13-16/h6-13,19H,4-5,23H2,1-3H3,(H,24,29). The molecule has 1 unspecified atom stereocenters. The van der Waals surface area contributed by atoms with E-state index in [9.17, 15) is 9.59 Å². The lowest BCUT2D eigenvalue weighted by molar-refractivity contribution is -0.115. The fourth-order valence-corrected chi connectivity index (χ4v) is 4.03. The van der Waals surface area contributed by atoms with Crippen LogP contribution in [0.2, 0.25) is 0 Å². The van der Waals surface area contributed by atoms with E-state index in [1.165, 1.54) is 18.7 Å². The third-order valence-corrected chi connectivity index (χ3v) is 5.99. The molecule has 7 nitrogen and oxygen atoms in total. The smallest absolute Gasteiger partial charge is 0.237 e. The number of hydrogen-bond donors (Lipinski definition) is 2. The van der Waals surface area contributed by atoms with Gasteiger partial charge in [-0.1, -0.05) is 30.8 Å². The number of nitrogens with two attached hydrogens (primary N) is 1. The van der Waals surface area contributed by atoms with Crippen LogP contribution in [0.4, 0.5) is 11.4 Å². The third-order valence-electron chi connectivity index (χ3n) is 4.65. The molecule has 3 rings (SSSR count). The van der Waals surface area contributed by atoms with Crippen LogP contribution in [0, 0.1) is 0 Å². The summed E-state index contributed by atoms with van der Waals surface area (Å²) in [7, 11) is 0. The van der Waals surface area contributed by atoms with Crippen LogP contribution < -0.4 is 11.1 Å². The predicted octanol–water partition coefficient (Wildman–Crippen LogP) is 4.26. The molecule has 3 aromatic rings. The molecule has 1 heterocycles. The molecule has 0 aliphatic carbocycles. The number of ketones is 1. The highest BCUT2D eigenvalue weighted by molar-refractivity contribution is 8.00. The second-order valence-corrected chi connectivity index (χ2v) is 7.98. The number of anilines is 2. The number of hydrogen-bond acceptors (Lipinski definition) is 6. The summed E-state index contributed by atoms with van der Waals surface area (Å²) in [5.41, 5.74) is 8.72. The molecule has 156 valence electrons. The van der Waals surface area contributed by atoms with Crippen molar-refractivity contribution in [3.05, 3.63) is 54.1 Å². The fourth-order valence-electron chi connectivity index (χ4n) is 3.01. The SMILES string of the molecule is CCC(Sc1nnc(-c2cccc(N)c2)n1CC)C(=O)Nc1ccc(C(C)=O)cc1. The van der Waals surface area contributed by atoms with E-state index in [0.717, 1.165) is 11.4 Å². The number of carbonyl (C=O) groups excluding carboxylic acids is 2. The van der Waals surface area contributed by atoms with Crippen molar-refractivity contribution in [1.82, 2.24) is 14.8 Å².